The first-order valence-electron chi connectivity index (χ1n) is 7.82. The van der Waals surface area contributed by atoms with Crippen molar-refractivity contribution in [3.05, 3.63) is 35.9 Å². The minimum absolute atomic E-state index is 0.00290. The van der Waals surface area contributed by atoms with Gasteiger partial charge in [0.1, 0.15) is 0 Å². The molecule has 1 heterocycles. The Morgan fingerprint density at radius 2 is 2.14 bits per heavy atom. The summed E-state index contributed by atoms with van der Waals surface area (Å²) in [4.78, 5) is 13.1. The van der Waals surface area contributed by atoms with Gasteiger partial charge in [0.05, 0.1) is 6.10 Å². The van der Waals surface area contributed by atoms with E-state index in [0.717, 1.165) is 31.4 Å². The van der Waals surface area contributed by atoms with Gasteiger partial charge < -0.3 is 14.4 Å². The number of carbonyl (C=O) groups is 1. The summed E-state index contributed by atoms with van der Waals surface area (Å²) in [7, 11) is 1.69. The van der Waals surface area contributed by atoms with Gasteiger partial charge in [0.15, 0.2) is 0 Å². The maximum atomic E-state index is 11.4. The fraction of sp³-hybridized carbons (Fsp3) is 0.588. The van der Waals surface area contributed by atoms with Crippen molar-refractivity contribution in [2.75, 3.05) is 33.4 Å². The quantitative estimate of drug-likeness (QED) is 0.434. The smallest absolute Gasteiger partial charge is 0.316 e. The Morgan fingerprint density at radius 1 is 1.36 bits per heavy atom. The normalized spacial score (nSPS) is 19.9. The van der Waals surface area contributed by atoms with Crippen LogP contribution in [-0.4, -0.2) is 43.7 Å². The van der Waals surface area contributed by atoms with E-state index in [1.807, 2.05) is 18.2 Å². The third-order valence-electron chi connectivity index (χ3n) is 4.05. The first kappa shape index (κ1) is 17.3. The molecule has 1 aromatic carbocycles. The molecule has 1 saturated heterocycles. The van der Waals surface area contributed by atoms with Crippen molar-refractivity contribution >= 4 is 17.0 Å². The predicted molar refractivity (Wildman–Crippen MR) is 87.2 cm³/mol. The molecule has 1 unspecified atom stereocenters. The molecule has 0 saturated carbocycles. The zero-order chi connectivity index (χ0) is 15.8. The van der Waals surface area contributed by atoms with Gasteiger partial charge in [-0.2, -0.15) is 0 Å². The van der Waals surface area contributed by atoms with Crippen LogP contribution in [0.4, 0.5) is 4.79 Å². The van der Waals surface area contributed by atoms with Gasteiger partial charge in [0, 0.05) is 39.3 Å². The van der Waals surface area contributed by atoms with Crippen LogP contribution in [0.5, 0.6) is 0 Å². The molecule has 1 amide bonds. The lowest BCUT2D eigenvalue weighted by molar-refractivity contribution is -0.0155. The standard InChI is InChI=1S/C17H24ClNO3/c1-21-11-6-12-22-16(14-7-3-2-4-8-14)15-9-5-10-19(13-15)17(18)20/h2-4,7-8,15-16H,5-6,9-13H2,1H3/t15?,16-/m0/s1. The van der Waals surface area contributed by atoms with Crippen molar-refractivity contribution in [3.63, 3.8) is 0 Å². The first-order chi connectivity index (χ1) is 10.7. The summed E-state index contributed by atoms with van der Waals surface area (Å²) >= 11 is 5.65. The summed E-state index contributed by atoms with van der Waals surface area (Å²) in [6.07, 6.45) is 2.88. The molecule has 0 N–H and O–H groups in total. The van der Waals surface area contributed by atoms with Crippen molar-refractivity contribution < 1.29 is 14.3 Å². The largest absolute Gasteiger partial charge is 0.385 e. The molecule has 2 rings (SSSR count). The van der Waals surface area contributed by atoms with Crippen molar-refractivity contribution in [2.24, 2.45) is 5.92 Å². The van der Waals surface area contributed by atoms with Crippen LogP contribution in [0.15, 0.2) is 30.3 Å². The lowest BCUT2D eigenvalue weighted by Gasteiger charge is -2.36. The molecule has 2 atom stereocenters. The topological polar surface area (TPSA) is 38.8 Å². The molecule has 4 nitrogen and oxygen atoms in total. The fourth-order valence-corrected chi connectivity index (χ4v) is 3.13. The van der Waals surface area contributed by atoms with Gasteiger partial charge in [-0.1, -0.05) is 30.3 Å². The molecule has 5 heteroatoms. The van der Waals surface area contributed by atoms with E-state index < -0.39 is 0 Å². The number of carbonyl (C=O) groups excluding carboxylic acids is 1. The van der Waals surface area contributed by atoms with Crippen LogP contribution >= 0.6 is 11.6 Å². The van der Waals surface area contributed by atoms with E-state index in [4.69, 9.17) is 21.1 Å². The van der Waals surface area contributed by atoms with Crippen molar-refractivity contribution in [1.82, 2.24) is 4.90 Å². The number of benzene rings is 1. The maximum absolute atomic E-state index is 11.4. The highest BCUT2D eigenvalue weighted by Crippen LogP contribution is 2.33. The summed E-state index contributed by atoms with van der Waals surface area (Å²) in [5.74, 6) is 0.279. The Bertz CT molecular complexity index is 454. The minimum Gasteiger partial charge on any atom is -0.385 e. The zero-order valence-corrected chi connectivity index (χ0v) is 13.8. The fourth-order valence-electron chi connectivity index (χ4n) is 2.98. The van der Waals surface area contributed by atoms with Crippen LogP contribution < -0.4 is 0 Å². The zero-order valence-electron chi connectivity index (χ0n) is 13.0. The van der Waals surface area contributed by atoms with E-state index in [2.05, 4.69) is 12.1 Å². The lowest BCUT2D eigenvalue weighted by atomic mass is 9.88. The minimum atomic E-state index is -0.365. The molecule has 1 aliphatic rings. The molecule has 1 fully saturated rings. The van der Waals surface area contributed by atoms with Crippen molar-refractivity contribution in [2.45, 2.75) is 25.4 Å². The summed E-state index contributed by atoms with van der Waals surface area (Å²) < 4.78 is 11.2. The Labute approximate surface area is 137 Å². The Hall–Kier alpha value is -1.10. The molecular formula is C17H24ClNO3. The van der Waals surface area contributed by atoms with Crippen molar-refractivity contribution in [3.8, 4) is 0 Å². The molecule has 0 aromatic heterocycles. The summed E-state index contributed by atoms with van der Waals surface area (Å²) in [5, 5.41) is -0.365. The maximum Gasteiger partial charge on any atom is 0.316 e. The van der Waals surface area contributed by atoms with Crippen LogP contribution in [0.3, 0.4) is 0 Å². The number of rotatable bonds is 7. The van der Waals surface area contributed by atoms with E-state index in [0.29, 0.717) is 19.8 Å². The van der Waals surface area contributed by atoms with Gasteiger partial charge >= 0.3 is 5.37 Å². The summed E-state index contributed by atoms with van der Waals surface area (Å²) in [6.45, 7) is 2.74. The van der Waals surface area contributed by atoms with Gasteiger partial charge in [0.25, 0.3) is 0 Å². The molecule has 0 aliphatic carbocycles. The molecule has 122 valence electrons. The van der Waals surface area contributed by atoms with Crippen LogP contribution in [0, 0.1) is 5.92 Å². The first-order valence-corrected chi connectivity index (χ1v) is 8.20. The van der Waals surface area contributed by atoms with E-state index in [1.165, 1.54) is 0 Å². The average molecular weight is 326 g/mol. The number of halogens is 1. The number of hydrogen-bond donors (Lipinski definition) is 0. The van der Waals surface area contributed by atoms with Gasteiger partial charge in [0.2, 0.25) is 0 Å². The summed E-state index contributed by atoms with van der Waals surface area (Å²) in [6, 6.07) is 10.2. The third kappa shape index (κ3) is 4.97. The number of methoxy groups -OCH3 is 1. The van der Waals surface area contributed by atoms with E-state index in [9.17, 15) is 4.79 Å². The van der Waals surface area contributed by atoms with Crippen LogP contribution in [0.2, 0.25) is 0 Å². The highest BCUT2D eigenvalue weighted by Gasteiger charge is 2.30. The predicted octanol–water partition coefficient (Wildman–Crippen LogP) is 3.85. The van der Waals surface area contributed by atoms with Crippen LogP contribution in [0.1, 0.15) is 30.9 Å². The molecule has 1 aromatic rings. The van der Waals surface area contributed by atoms with Crippen molar-refractivity contribution in [1.29, 1.82) is 0 Å². The number of piperidine rings is 1. The Balaban J connectivity index is 2.04. The van der Waals surface area contributed by atoms with Gasteiger partial charge in [-0.15, -0.1) is 0 Å². The van der Waals surface area contributed by atoms with Gasteiger partial charge in [-0.25, -0.2) is 0 Å². The second kappa shape index (κ2) is 9.13. The van der Waals surface area contributed by atoms with Crippen LogP contribution in [0.25, 0.3) is 0 Å². The monoisotopic (exact) mass is 325 g/mol. The second-order valence-electron chi connectivity index (χ2n) is 5.65. The molecule has 0 spiro atoms. The highest BCUT2D eigenvalue weighted by molar-refractivity contribution is 6.62. The Morgan fingerprint density at radius 3 is 2.82 bits per heavy atom. The molecule has 0 bridgehead atoms. The van der Waals surface area contributed by atoms with Gasteiger partial charge in [-0.05, 0) is 36.4 Å². The average Bonchev–Trinajstić information content (AvgIpc) is 2.56. The number of likely N-dealkylation sites (tertiary alicyclic amines) is 1. The van der Waals surface area contributed by atoms with E-state index >= 15 is 0 Å². The van der Waals surface area contributed by atoms with Crippen LogP contribution in [-0.2, 0) is 9.47 Å². The number of amides is 1. The number of ether oxygens (including phenoxy) is 2. The molecule has 22 heavy (non-hydrogen) atoms. The van der Waals surface area contributed by atoms with E-state index in [-0.39, 0.29) is 17.4 Å². The molecule has 0 radical (unpaired) electrons. The molecular weight excluding hydrogens is 302 g/mol. The Kier molecular flexibility index (Phi) is 7.16. The van der Waals surface area contributed by atoms with Gasteiger partial charge in [-0.3, -0.25) is 4.79 Å². The summed E-state index contributed by atoms with van der Waals surface area (Å²) in [5.41, 5.74) is 1.16. The number of hydrogen-bond acceptors (Lipinski definition) is 3. The lowest BCUT2D eigenvalue weighted by Crippen LogP contribution is -2.39. The highest BCUT2D eigenvalue weighted by atomic mass is 35.5. The van der Waals surface area contributed by atoms with E-state index in [1.54, 1.807) is 12.0 Å². The SMILES string of the molecule is COCCCO[C@@H](c1ccccc1)C1CCCN(C(=O)Cl)C1. The molecule has 1 aliphatic heterocycles. The third-order valence-corrected chi connectivity index (χ3v) is 4.29. The second-order valence-corrected chi connectivity index (χ2v) is 5.97. The number of nitrogens with zero attached hydrogens (tertiary/aromatic N) is 1.